The van der Waals surface area contributed by atoms with E-state index in [0.29, 0.717) is 36.7 Å². The smallest absolute Gasteiger partial charge is 0.357 e. The highest BCUT2D eigenvalue weighted by Crippen LogP contribution is 2.42. The summed E-state index contributed by atoms with van der Waals surface area (Å²) < 4.78 is 5.82. The molecule has 0 unspecified atom stereocenters. The lowest BCUT2D eigenvalue weighted by Gasteiger charge is -2.54. The summed E-state index contributed by atoms with van der Waals surface area (Å²) >= 11 is 0. The Morgan fingerprint density at radius 2 is 1.88 bits per heavy atom. The number of ether oxygens (including phenoxy) is 1. The summed E-state index contributed by atoms with van der Waals surface area (Å²) in [4.78, 5) is 31.2. The van der Waals surface area contributed by atoms with Crippen molar-refractivity contribution < 1.29 is 14.3 Å². The zero-order chi connectivity index (χ0) is 16.3. The van der Waals surface area contributed by atoms with Crippen LogP contribution in [0, 0.1) is 5.92 Å². The molecule has 2 atom stereocenters. The number of carbonyl (C=O) groups excluding carboxylic acids is 2. The Kier molecular flexibility index (Phi) is 3.13. The first-order valence-corrected chi connectivity index (χ1v) is 8.81. The summed E-state index contributed by atoms with van der Waals surface area (Å²) in [6.07, 6.45) is 3.52. The van der Waals surface area contributed by atoms with E-state index in [1.54, 1.807) is 0 Å². The van der Waals surface area contributed by atoms with E-state index in [2.05, 4.69) is 9.89 Å². The van der Waals surface area contributed by atoms with E-state index in [9.17, 15) is 9.59 Å². The Hall–Kier alpha value is -2.01. The van der Waals surface area contributed by atoms with Crippen LogP contribution in [-0.4, -0.2) is 47.1 Å². The molecule has 24 heavy (non-hydrogen) atoms. The van der Waals surface area contributed by atoms with Gasteiger partial charge in [0.1, 0.15) is 11.9 Å². The van der Waals surface area contributed by atoms with Crippen molar-refractivity contribution in [2.45, 2.75) is 50.4 Å². The molecule has 1 aromatic rings. The van der Waals surface area contributed by atoms with Gasteiger partial charge in [-0.25, -0.2) is 4.79 Å². The third-order valence-electron chi connectivity index (χ3n) is 6.06. The Morgan fingerprint density at radius 3 is 2.62 bits per heavy atom. The predicted octanol–water partition coefficient (Wildman–Crippen LogP) is 1.73. The minimum atomic E-state index is -0.291. The van der Waals surface area contributed by atoms with E-state index in [0.717, 1.165) is 36.8 Å². The SMILES string of the molecule is O=C(OC1C[C@@H]2CC3C[C@@H](C1)N2CC3=O)C1=NCc2ccccc21. The second-order valence-corrected chi connectivity index (χ2v) is 7.44. The second-order valence-electron chi connectivity index (χ2n) is 7.44. The van der Waals surface area contributed by atoms with Crippen LogP contribution in [0.3, 0.4) is 0 Å². The van der Waals surface area contributed by atoms with Gasteiger partial charge in [-0.1, -0.05) is 24.3 Å². The van der Waals surface area contributed by atoms with E-state index in [1.165, 1.54) is 0 Å². The van der Waals surface area contributed by atoms with Crippen LogP contribution in [0.1, 0.15) is 36.8 Å². The second kappa shape index (κ2) is 5.24. The van der Waals surface area contributed by atoms with Gasteiger partial charge in [0.15, 0.2) is 5.71 Å². The molecule has 4 bridgehead atoms. The molecule has 1 aromatic carbocycles. The lowest BCUT2D eigenvalue weighted by atomic mass is 9.72. The van der Waals surface area contributed by atoms with Gasteiger partial charge in [0, 0.05) is 36.4 Å². The highest BCUT2D eigenvalue weighted by molar-refractivity contribution is 6.44. The maximum Gasteiger partial charge on any atom is 0.357 e. The number of Topliss-reactive ketones (excluding diaryl/α,β-unsaturated/α-hetero) is 1. The number of fused-ring (bicyclic) bond motifs is 2. The van der Waals surface area contributed by atoms with Crippen molar-refractivity contribution in [2.75, 3.05) is 6.54 Å². The quantitative estimate of drug-likeness (QED) is 0.777. The van der Waals surface area contributed by atoms with Crippen LogP contribution in [0.2, 0.25) is 0 Å². The largest absolute Gasteiger partial charge is 0.458 e. The van der Waals surface area contributed by atoms with Crippen molar-refractivity contribution in [3.63, 3.8) is 0 Å². The maximum atomic E-state index is 12.6. The van der Waals surface area contributed by atoms with Crippen molar-refractivity contribution in [1.82, 2.24) is 4.90 Å². The molecule has 5 aliphatic rings. The molecule has 0 amide bonds. The van der Waals surface area contributed by atoms with E-state index in [-0.39, 0.29) is 18.0 Å². The van der Waals surface area contributed by atoms with Crippen LogP contribution >= 0.6 is 0 Å². The first-order valence-electron chi connectivity index (χ1n) is 8.81. The molecule has 5 heterocycles. The Balaban J connectivity index is 1.29. The normalized spacial score (nSPS) is 36.2. The lowest BCUT2D eigenvalue weighted by molar-refractivity contribution is -0.157. The maximum absolute atomic E-state index is 12.6. The van der Waals surface area contributed by atoms with Crippen LogP contribution < -0.4 is 0 Å². The molecule has 5 nitrogen and oxygen atoms in total. The van der Waals surface area contributed by atoms with Crippen LogP contribution in [0.4, 0.5) is 0 Å². The fourth-order valence-electron chi connectivity index (χ4n) is 4.94. The van der Waals surface area contributed by atoms with Crippen molar-refractivity contribution >= 4 is 17.5 Å². The molecule has 0 aromatic heterocycles. The summed E-state index contributed by atoms with van der Waals surface area (Å²) in [5.41, 5.74) is 2.47. The van der Waals surface area contributed by atoms with Gasteiger partial charge in [-0.15, -0.1) is 0 Å². The van der Waals surface area contributed by atoms with E-state index in [1.807, 2.05) is 24.3 Å². The molecule has 0 saturated carbocycles. The van der Waals surface area contributed by atoms with Crippen LogP contribution in [0.15, 0.2) is 29.3 Å². The monoisotopic (exact) mass is 324 g/mol. The molecule has 4 fully saturated rings. The van der Waals surface area contributed by atoms with Gasteiger partial charge in [-0.05, 0) is 18.4 Å². The molecule has 124 valence electrons. The summed E-state index contributed by atoms with van der Waals surface area (Å²) in [5.74, 6) is 0.351. The number of nitrogens with zero attached hydrogens (tertiary/aromatic N) is 2. The van der Waals surface area contributed by atoms with Gasteiger partial charge in [0.2, 0.25) is 0 Å². The van der Waals surface area contributed by atoms with Crippen molar-refractivity contribution in [2.24, 2.45) is 10.9 Å². The van der Waals surface area contributed by atoms with Crippen molar-refractivity contribution in [3.05, 3.63) is 35.4 Å². The Bertz CT molecular complexity index is 741. The molecule has 0 N–H and O–H groups in total. The first-order chi connectivity index (χ1) is 11.7. The number of ketones is 1. The summed E-state index contributed by atoms with van der Waals surface area (Å²) in [6, 6.07) is 8.64. The lowest BCUT2D eigenvalue weighted by Crippen LogP contribution is -2.63. The highest BCUT2D eigenvalue weighted by atomic mass is 16.5. The third kappa shape index (κ3) is 2.14. The molecule has 4 saturated heterocycles. The van der Waals surface area contributed by atoms with Gasteiger partial charge in [-0.2, -0.15) is 0 Å². The van der Waals surface area contributed by atoms with Crippen molar-refractivity contribution in [1.29, 1.82) is 0 Å². The number of piperidine rings is 4. The molecule has 0 radical (unpaired) electrons. The van der Waals surface area contributed by atoms with E-state index >= 15 is 0 Å². The number of aliphatic imine (C=N–C) groups is 1. The molecular weight excluding hydrogens is 304 g/mol. The minimum Gasteiger partial charge on any atom is -0.458 e. The zero-order valence-electron chi connectivity index (χ0n) is 13.5. The van der Waals surface area contributed by atoms with Gasteiger partial charge >= 0.3 is 5.97 Å². The fourth-order valence-corrected chi connectivity index (χ4v) is 4.94. The number of rotatable bonds is 2. The van der Waals surface area contributed by atoms with Crippen molar-refractivity contribution in [3.8, 4) is 0 Å². The molecule has 0 aliphatic carbocycles. The average molecular weight is 324 g/mol. The van der Waals surface area contributed by atoms with Crippen LogP contribution in [-0.2, 0) is 20.9 Å². The van der Waals surface area contributed by atoms with Gasteiger partial charge in [-0.3, -0.25) is 14.7 Å². The summed E-state index contributed by atoms with van der Waals surface area (Å²) in [7, 11) is 0. The average Bonchev–Trinajstić information content (AvgIpc) is 2.99. The number of carbonyl (C=O) groups is 2. The third-order valence-corrected chi connectivity index (χ3v) is 6.06. The minimum absolute atomic E-state index is 0.0478. The molecular formula is C19H20N2O3. The van der Waals surface area contributed by atoms with Gasteiger partial charge in [0.05, 0.1) is 13.1 Å². The van der Waals surface area contributed by atoms with E-state index < -0.39 is 0 Å². The summed E-state index contributed by atoms with van der Waals surface area (Å²) in [5, 5.41) is 0. The molecule has 0 spiro atoms. The Morgan fingerprint density at radius 1 is 1.12 bits per heavy atom. The fraction of sp³-hybridized carbons (Fsp3) is 0.526. The zero-order valence-corrected chi connectivity index (χ0v) is 13.5. The summed E-state index contributed by atoms with van der Waals surface area (Å²) in [6.45, 7) is 1.16. The molecule has 5 aliphatic heterocycles. The molecule has 5 heteroatoms. The van der Waals surface area contributed by atoms with Gasteiger partial charge < -0.3 is 4.74 Å². The molecule has 6 rings (SSSR count). The van der Waals surface area contributed by atoms with Gasteiger partial charge in [0.25, 0.3) is 0 Å². The van der Waals surface area contributed by atoms with Crippen LogP contribution in [0.25, 0.3) is 0 Å². The standard InChI is InChI=1S/C19H20N2O3/c22-17-10-21-13-5-12(17)6-14(21)8-15(7-13)24-19(23)18-16-4-2-1-3-11(16)9-20-18/h1-4,12-15H,5-10H2/t12?,13-,14-,15?/m0/s1. The number of esters is 1. The number of hydrogen-bond donors (Lipinski definition) is 0. The predicted molar refractivity (Wildman–Crippen MR) is 87.8 cm³/mol. The number of benzene rings is 1. The Labute approximate surface area is 140 Å². The van der Waals surface area contributed by atoms with E-state index in [4.69, 9.17) is 4.74 Å². The first kappa shape index (κ1) is 14.3. The highest BCUT2D eigenvalue weighted by Gasteiger charge is 2.49. The topological polar surface area (TPSA) is 59.0 Å². The van der Waals surface area contributed by atoms with Crippen LogP contribution in [0.5, 0.6) is 0 Å². The number of hydrogen-bond acceptors (Lipinski definition) is 5.